The Balaban J connectivity index is 1.30. The van der Waals surface area contributed by atoms with Gasteiger partial charge in [-0.3, -0.25) is 4.90 Å². The molecule has 0 radical (unpaired) electrons. The molecule has 0 spiro atoms. The summed E-state index contributed by atoms with van der Waals surface area (Å²) in [7, 11) is 0. The summed E-state index contributed by atoms with van der Waals surface area (Å²) in [5.41, 5.74) is 2.53. The van der Waals surface area contributed by atoms with Crippen molar-refractivity contribution < 1.29 is 9.15 Å². The Labute approximate surface area is 187 Å². The van der Waals surface area contributed by atoms with Gasteiger partial charge in [0.25, 0.3) is 0 Å². The molecule has 1 aromatic heterocycles. The molecule has 31 heavy (non-hydrogen) atoms. The van der Waals surface area contributed by atoms with Gasteiger partial charge in [-0.25, -0.2) is 4.99 Å². The second-order valence-corrected chi connectivity index (χ2v) is 8.25. The van der Waals surface area contributed by atoms with Crippen LogP contribution in [0.2, 0.25) is 0 Å². The van der Waals surface area contributed by atoms with Crippen LogP contribution in [-0.4, -0.2) is 49.7 Å². The molecule has 1 saturated heterocycles. The van der Waals surface area contributed by atoms with E-state index in [1.807, 2.05) is 13.8 Å². The number of likely N-dealkylation sites (tertiary alicyclic amines) is 1. The molecule has 0 unspecified atom stereocenters. The second kappa shape index (κ2) is 12.5. The fourth-order valence-electron chi connectivity index (χ4n) is 3.95. The number of nitrogens with one attached hydrogen (secondary N) is 2. The smallest absolute Gasteiger partial charge is 0.191 e. The number of piperidine rings is 1. The summed E-state index contributed by atoms with van der Waals surface area (Å²) < 4.78 is 11.7. The average molecular weight is 427 g/mol. The van der Waals surface area contributed by atoms with Crippen molar-refractivity contribution in [2.45, 2.75) is 59.2 Å². The molecule has 0 bridgehead atoms. The molecule has 6 nitrogen and oxygen atoms in total. The van der Waals surface area contributed by atoms with Gasteiger partial charge in [-0.1, -0.05) is 30.3 Å². The highest BCUT2D eigenvalue weighted by atomic mass is 16.5. The Morgan fingerprint density at radius 1 is 1.16 bits per heavy atom. The third-order valence-electron chi connectivity index (χ3n) is 5.65. The number of hydrogen-bond donors (Lipinski definition) is 2. The number of aliphatic imine (C=N–C) groups is 1. The third-order valence-corrected chi connectivity index (χ3v) is 5.65. The van der Waals surface area contributed by atoms with E-state index in [0.717, 1.165) is 81.6 Å². The van der Waals surface area contributed by atoms with Gasteiger partial charge in [-0.15, -0.1) is 0 Å². The maximum atomic E-state index is 6.13. The fourth-order valence-corrected chi connectivity index (χ4v) is 3.95. The third kappa shape index (κ3) is 8.04. The van der Waals surface area contributed by atoms with Gasteiger partial charge in [0.1, 0.15) is 11.5 Å². The van der Waals surface area contributed by atoms with E-state index in [9.17, 15) is 0 Å². The van der Waals surface area contributed by atoms with Gasteiger partial charge in [-0.2, -0.15) is 0 Å². The Morgan fingerprint density at radius 2 is 1.94 bits per heavy atom. The van der Waals surface area contributed by atoms with Gasteiger partial charge in [0.2, 0.25) is 0 Å². The van der Waals surface area contributed by atoms with Gasteiger partial charge < -0.3 is 19.8 Å². The van der Waals surface area contributed by atoms with Crippen LogP contribution in [0.15, 0.2) is 45.8 Å². The summed E-state index contributed by atoms with van der Waals surface area (Å²) in [6, 6.07) is 12.8. The zero-order valence-corrected chi connectivity index (χ0v) is 19.3. The number of guanidine groups is 1. The van der Waals surface area contributed by atoms with E-state index >= 15 is 0 Å². The monoisotopic (exact) mass is 426 g/mol. The molecule has 3 rings (SSSR count). The summed E-state index contributed by atoms with van der Waals surface area (Å²) >= 11 is 0. The summed E-state index contributed by atoms with van der Waals surface area (Å²) in [4.78, 5) is 7.20. The second-order valence-electron chi connectivity index (χ2n) is 8.25. The van der Waals surface area contributed by atoms with Gasteiger partial charge in [0.05, 0.1) is 12.6 Å². The lowest BCUT2D eigenvalue weighted by atomic mass is 10.1. The minimum Gasteiger partial charge on any atom is -0.466 e. The summed E-state index contributed by atoms with van der Waals surface area (Å²) in [5.74, 6) is 2.72. The molecule has 0 aliphatic carbocycles. The van der Waals surface area contributed by atoms with Crippen LogP contribution >= 0.6 is 0 Å². The lowest BCUT2D eigenvalue weighted by Gasteiger charge is -2.32. The van der Waals surface area contributed by atoms with Crippen LogP contribution in [0.4, 0.5) is 0 Å². The number of hydrogen-bond acceptors (Lipinski definition) is 4. The largest absolute Gasteiger partial charge is 0.466 e. The van der Waals surface area contributed by atoms with Gasteiger partial charge in [0, 0.05) is 44.9 Å². The molecular formula is C25H38N4O2. The Hall–Kier alpha value is -2.31. The SMILES string of the molecule is CCNC(=NCc1cc(C)oc1C)NCCCOC1CCN(Cc2ccccc2)CC1. The number of ether oxygens (including phenoxy) is 1. The van der Waals surface area contributed by atoms with E-state index in [1.54, 1.807) is 0 Å². The summed E-state index contributed by atoms with van der Waals surface area (Å²) in [5, 5.41) is 6.72. The van der Waals surface area contributed by atoms with Crippen LogP contribution in [0.25, 0.3) is 0 Å². The van der Waals surface area contributed by atoms with Crippen molar-refractivity contribution in [1.82, 2.24) is 15.5 Å². The lowest BCUT2D eigenvalue weighted by molar-refractivity contribution is 0.00534. The van der Waals surface area contributed by atoms with Crippen molar-refractivity contribution in [1.29, 1.82) is 0 Å². The molecule has 1 aromatic carbocycles. The molecule has 1 aliphatic rings. The first-order valence-corrected chi connectivity index (χ1v) is 11.6. The normalized spacial score (nSPS) is 15.9. The van der Waals surface area contributed by atoms with E-state index in [4.69, 9.17) is 9.15 Å². The number of furan rings is 1. The van der Waals surface area contributed by atoms with Crippen LogP contribution in [-0.2, 0) is 17.8 Å². The van der Waals surface area contributed by atoms with Crippen molar-refractivity contribution in [2.75, 3.05) is 32.8 Å². The highest BCUT2D eigenvalue weighted by molar-refractivity contribution is 5.79. The number of rotatable bonds is 10. The Bertz CT molecular complexity index is 795. The Kier molecular flexibility index (Phi) is 9.43. The Morgan fingerprint density at radius 3 is 2.61 bits per heavy atom. The fraction of sp³-hybridized carbons (Fsp3) is 0.560. The molecule has 1 aliphatic heterocycles. The van der Waals surface area contributed by atoms with Crippen LogP contribution < -0.4 is 10.6 Å². The predicted octanol–water partition coefficient (Wildman–Crippen LogP) is 4.02. The molecule has 170 valence electrons. The molecule has 2 N–H and O–H groups in total. The predicted molar refractivity (Wildman–Crippen MR) is 126 cm³/mol. The minimum atomic E-state index is 0.390. The van der Waals surface area contributed by atoms with Crippen LogP contribution in [0.1, 0.15) is 48.8 Å². The molecule has 2 aromatic rings. The van der Waals surface area contributed by atoms with Gasteiger partial charge >= 0.3 is 0 Å². The molecule has 1 fully saturated rings. The van der Waals surface area contributed by atoms with Crippen LogP contribution in [0, 0.1) is 13.8 Å². The average Bonchev–Trinajstić information content (AvgIpc) is 3.10. The maximum absolute atomic E-state index is 6.13. The van der Waals surface area contributed by atoms with Crippen molar-refractivity contribution in [3.05, 3.63) is 59.0 Å². The summed E-state index contributed by atoms with van der Waals surface area (Å²) in [6.45, 7) is 12.4. The first-order valence-electron chi connectivity index (χ1n) is 11.6. The van der Waals surface area contributed by atoms with Crippen molar-refractivity contribution in [2.24, 2.45) is 4.99 Å². The molecule has 2 heterocycles. The lowest BCUT2D eigenvalue weighted by Crippen LogP contribution is -2.38. The van der Waals surface area contributed by atoms with Crippen LogP contribution in [0.3, 0.4) is 0 Å². The van der Waals surface area contributed by atoms with E-state index in [0.29, 0.717) is 12.6 Å². The van der Waals surface area contributed by atoms with Crippen molar-refractivity contribution in [3.8, 4) is 0 Å². The van der Waals surface area contributed by atoms with Crippen molar-refractivity contribution >= 4 is 5.96 Å². The van der Waals surface area contributed by atoms with Gasteiger partial charge in [-0.05, 0) is 51.7 Å². The summed E-state index contributed by atoms with van der Waals surface area (Å²) in [6.07, 6.45) is 3.60. The van der Waals surface area contributed by atoms with E-state index in [2.05, 4.69) is 63.8 Å². The quantitative estimate of drug-likeness (QED) is 0.341. The van der Waals surface area contributed by atoms with E-state index in [1.165, 1.54) is 5.56 Å². The molecule has 6 heteroatoms. The topological polar surface area (TPSA) is 62.0 Å². The highest BCUT2D eigenvalue weighted by Gasteiger charge is 2.19. The molecule has 0 amide bonds. The number of aryl methyl sites for hydroxylation is 2. The number of benzene rings is 1. The molecule has 0 saturated carbocycles. The first kappa shape index (κ1) is 23.4. The van der Waals surface area contributed by atoms with E-state index in [-0.39, 0.29) is 0 Å². The molecule has 0 atom stereocenters. The highest BCUT2D eigenvalue weighted by Crippen LogP contribution is 2.16. The standard InChI is InChI=1S/C25H38N4O2/c1-4-26-25(28-18-23-17-20(2)31-21(23)3)27-13-8-16-30-24-11-14-29(15-12-24)19-22-9-6-5-7-10-22/h5-7,9-10,17,24H,4,8,11-16,18-19H2,1-3H3,(H2,26,27,28). The van der Waals surface area contributed by atoms with Crippen molar-refractivity contribution in [3.63, 3.8) is 0 Å². The zero-order valence-electron chi connectivity index (χ0n) is 19.3. The number of nitrogens with zero attached hydrogens (tertiary/aromatic N) is 2. The maximum Gasteiger partial charge on any atom is 0.191 e. The first-order chi connectivity index (χ1) is 15.1. The van der Waals surface area contributed by atoms with E-state index < -0.39 is 0 Å². The van der Waals surface area contributed by atoms with Gasteiger partial charge in [0.15, 0.2) is 5.96 Å². The molecular weight excluding hydrogens is 388 g/mol. The minimum absolute atomic E-state index is 0.390. The van der Waals surface area contributed by atoms with Crippen LogP contribution in [0.5, 0.6) is 0 Å². The zero-order chi connectivity index (χ0) is 21.9.